The maximum absolute atomic E-state index is 3.82. The first-order valence-electron chi connectivity index (χ1n) is 7.29. The van der Waals surface area contributed by atoms with E-state index >= 15 is 0 Å². The summed E-state index contributed by atoms with van der Waals surface area (Å²) in [6, 6.07) is 0.720. The van der Waals surface area contributed by atoms with Crippen LogP contribution in [0.15, 0.2) is 12.7 Å². The zero-order valence-corrected chi connectivity index (χ0v) is 12.3. The van der Waals surface area contributed by atoms with Gasteiger partial charge in [0.2, 0.25) is 0 Å². The molecule has 1 rings (SSSR count). The van der Waals surface area contributed by atoms with Gasteiger partial charge in [-0.2, -0.15) is 0 Å². The summed E-state index contributed by atoms with van der Waals surface area (Å²) in [7, 11) is 2.13. The smallest absolute Gasteiger partial charge is 0.00999 e. The van der Waals surface area contributed by atoms with Crippen molar-refractivity contribution < 1.29 is 0 Å². The fraction of sp³-hybridized carbons (Fsp3) is 0.875. The molecule has 17 heavy (non-hydrogen) atoms. The van der Waals surface area contributed by atoms with Crippen molar-refractivity contribution in [2.45, 2.75) is 65.3 Å². The second-order valence-electron chi connectivity index (χ2n) is 6.59. The van der Waals surface area contributed by atoms with Gasteiger partial charge < -0.3 is 5.32 Å². The Morgan fingerprint density at radius 2 is 2.06 bits per heavy atom. The monoisotopic (exact) mass is 237 g/mol. The van der Waals surface area contributed by atoms with E-state index in [2.05, 4.69) is 45.8 Å². The molecule has 0 aromatic heterocycles. The Labute approximate surface area is 108 Å². The van der Waals surface area contributed by atoms with Crippen LogP contribution in [0.1, 0.15) is 59.3 Å². The average Bonchev–Trinajstić information content (AvgIpc) is 2.28. The van der Waals surface area contributed by atoms with Gasteiger partial charge >= 0.3 is 0 Å². The predicted octanol–water partition coefficient (Wildman–Crippen LogP) is 4.39. The van der Waals surface area contributed by atoms with Crippen LogP contribution in [-0.2, 0) is 0 Å². The lowest BCUT2D eigenvalue weighted by Gasteiger charge is -2.44. The predicted molar refractivity (Wildman–Crippen MR) is 77.2 cm³/mol. The van der Waals surface area contributed by atoms with Crippen molar-refractivity contribution in [1.82, 2.24) is 5.32 Å². The molecule has 1 aliphatic carbocycles. The van der Waals surface area contributed by atoms with Gasteiger partial charge in [0.25, 0.3) is 0 Å². The highest BCUT2D eigenvalue weighted by molar-refractivity contribution is 4.91. The van der Waals surface area contributed by atoms with E-state index in [1.165, 1.54) is 32.1 Å². The molecule has 1 saturated carbocycles. The molecule has 0 radical (unpaired) electrons. The molecule has 0 aliphatic heterocycles. The molecular formula is C16H31N. The Hall–Kier alpha value is -0.300. The minimum absolute atomic E-state index is 0.469. The van der Waals surface area contributed by atoms with Gasteiger partial charge in [0.1, 0.15) is 0 Å². The van der Waals surface area contributed by atoms with E-state index < -0.39 is 0 Å². The van der Waals surface area contributed by atoms with Crippen LogP contribution in [0.3, 0.4) is 0 Å². The van der Waals surface area contributed by atoms with Gasteiger partial charge in [-0.1, -0.05) is 33.3 Å². The first-order chi connectivity index (χ1) is 8.01. The molecule has 0 aromatic rings. The maximum atomic E-state index is 3.82. The first-order valence-corrected chi connectivity index (χ1v) is 7.29. The summed E-state index contributed by atoms with van der Waals surface area (Å²) in [5, 5.41) is 3.56. The van der Waals surface area contributed by atoms with Crippen molar-refractivity contribution in [2.24, 2.45) is 17.3 Å². The highest BCUT2D eigenvalue weighted by Gasteiger charge is 2.37. The van der Waals surface area contributed by atoms with Gasteiger partial charge in [0.15, 0.2) is 0 Å². The molecule has 1 N–H and O–H groups in total. The molecule has 0 bridgehead atoms. The van der Waals surface area contributed by atoms with E-state index in [0.29, 0.717) is 5.41 Å². The fourth-order valence-corrected chi connectivity index (χ4v) is 3.52. The highest BCUT2D eigenvalue weighted by atomic mass is 14.9. The third-order valence-electron chi connectivity index (χ3n) is 4.72. The number of rotatable bonds is 6. The number of hydrogen-bond acceptors (Lipinski definition) is 1. The Morgan fingerprint density at radius 1 is 1.35 bits per heavy atom. The summed E-state index contributed by atoms with van der Waals surface area (Å²) in [5.41, 5.74) is 0.469. The minimum Gasteiger partial charge on any atom is -0.317 e. The molecule has 0 spiro atoms. The molecular weight excluding hydrogens is 206 g/mol. The van der Waals surface area contributed by atoms with E-state index in [1.54, 1.807) is 0 Å². The van der Waals surface area contributed by atoms with Crippen molar-refractivity contribution in [3.05, 3.63) is 12.7 Å². The van der Waals surface area contributed by atoms with Crippen molar-refractivity contribution in [3.8, 4) is 0 Å². The lowest BCUT2D eigenvalue weighted by molar-refractivity contribution is 0.0888. The van der Waals surface area contributed by atoms with E-state index in [-0.39, 0.29) is 0 Å². The summed E-state index contributed by atoms with van der Waals surface area (Å²) in [5.74, 6) is 1.74. The van der Waals surface area contributed by atoms with E-state index in [1.807, 2.05) is 0 Å². The van der Waals surface area contributed by atoms with E-state index in [4.69, 9.17) is 0 Å². The zero-order valence-electron chi connectivity index (χ0n) is 12.3. The standard InChI is InChI=1S/C16H31N/c1-6-7-8-11-16(3,4)14-10-9-13(2)12-15(14)17-5/h6,13-15,17H,1,7-12H2,2-5H3. The Morgan fingerprint density at radius 3 is 2.65 bits per heavy atom. The van der Waals surface area contributed by atoms with Crippen LogP contribution in [0, 0.1) is 17.3 Å². The largest absolute Gasteiger partial charge is 0.317 e. The Bertz CT molecular complexity index is 232. The van der Waals surface area contributed by atoms with Crippen molar-refractivity contribution in [2.75, 3.05) is 7.05 Å². The molecule has 1 aliphatic rings. The number of nitrogens with one attached hydrogen (secondary N) is 1. The second-order valence-corrected chi connectivity index (χ2v) is 6.59. The van der Waals surface area contributed by atoms with Gasteiger partial charge in [0.05, 0.1) is 0 Å². The fourth-order valence-electron chi connectivity index (χ4n) is 3.52. The van der Waals surface area contributed by atoms with Gasteiger partial charge in [-0.05, 0) is 56.4 Å². The van der Waals surface area contributed by atoms with Crippen molar-refractivity contribution >= 4 is 0 Å². The molecule has 0 heterocycles. The molecule has 0 aromatic carbocycles. The lowest BCUT2D eigenvalue weighted by atomic mass is 9.64. The average molecular weight is 237 g/mol. The Kier molecular flexibility index (Phi) is 5.72. The van der Waals surface area contributed by atoms with E-state index in [9.17, 15) is 0 Å². The van der Waals surface area contributed by atoms with E-state index in [0.717, 1.165) is 24.3 Å². The third kappa shape index (κ3) is 4.13. The highest BCUT2D eigenvalue weighted by Crippen LogP contribution is 2.43. The molecule has 100 valence electrons. The van der Waals surface area contributed by atoms with Crippen molar-refractivity contribution in [1.29, 1.82) is 0 Å². The van der Waals surface area contributed by atoms with Crippen LogP contribution in [0.25, 0.3) is 0 Å². The van der Waals surface area contributed by atoms with Crippen molar-refractivity contribution in [3.63, 3.8) is 0 Å². The topological polar surface area (TPSA) is 12.0 Å². The normalized spacial score (nSPS) is 30.2. The second kappa shape index (κ2) is 6.58. The van der Waals surface area contributed by atoms with Crippen LogP contribution < -0.4 is 5.32 Å². The molecule has 0 saturated heterocycles. The summed E-state index contributed by atoms with van der Waals surface area (Å²) < 4.78 is 0. The van der Waals surface area contributed by atoms with Crippen LogP contribution in [0.4, 0.5) is 0 Å². The van der Waals surface area contributed by atoms with Gasteiger partial charge in [-0.15, -0.1) is 6.58 Å². The van der Waals surface area contributed by atoms with Gasteiger partial charge in [-0.25, -0.2) is 0 Å². The van der Waals surface area contributed by atoms with Crippen LogP contribution in [0.2, 0.25) is 0 Å². The van der Waals surface area contributed by atoms with Crippen LogP contribution in [0.5, 0.6) is 0 Å². The SMILES string of the molecule is C=CCCCC(C)(C)C1CCC(C)CC1NC. The molecule has 1 nitrogen and oxygen atoms in total. The molecule has 0 amide bonds. The van der Waals surface area contributed by atoms with Gasteiger partial charge in [0, 0.05) is 6.04 Å². The summed E-state index contributed by atoms with van der Waals surface area (Å²) in [6.07, 6.45) is 9.99. The van der Waals surface area contributed by atoms with Crippen LogP contribution in [-0.4, -0.2) is 13.1 Å². The lowest BCUT2D eigenvalue weighted by Crippen LogP contribution is -2.45. The minimum atomic E-state index is 0.469. The molecule has 1 fully saturated rings. The number of allylic oxidation sites excluding steroid dienone is 1. The summed E-state index contributed by atoms with van der Waals surface area (Å²) in [4.78, 5) is 0. The molecule has 1 heteroatoms. The third-order valence-corrected chi connectivity index (χ3v) is 4.72. The zero-order chi connectivity index (χ0) is 12.9. The number of unbranched alkanes of at least 4 members (excludes halogenated alkanes) is 1. The van der Waals surface area contributed by atoms with Gasteiger partial charge in [-0.3, -0.25) is 0 Å². The molecule has 3 unspecified atom stereocenters. The first kappa shape index (κ1) is 14.8. The quantitative estimate of drug-likeness (QED) is 0.533. The molecule has 3 atom stereocenters. The number of hydrogen-bond donors (Lipinski definition) is 1. The maximum Gasteiger partial charge on any atom is 0.00999 e. The van der Waals surface area contributed by atoms with Crippen LogP contribution >= 0.6 is 0 Å². The summed E-state index contributed by atoms with van der Waals surface area (Å²) in [6.45, 7) is 11.1. The Balaban J connectivity index is 2.57. The summed E-state index contributed by atoms with van der Waals surface area (Å²) >= 11 is 0.